The molecule has 1 N–H and O–H groups in total. The molecule has 0 heterocycles. The summed E-state index contributed by atoms with van der Waals surface area (Å²) >= 11 is 9.43. The Morgan fingerprint density at radius 1 is 1.00 bits per heavy atom. The molecule has 0 aliphatic carbocycles. The minimum atomic E-state index is -1.13. The smallest absolute Gasteiger partial charge is 0.150 e. The molecule has 0 aromatic heterocycles. The molecule has 0 aliphatic rings. The van der Waals surface area contributed by atoms with Crippen molar-refractivity contribution in [2.24, 2.45) is 0 Å². The highest BCUT2D eigenvalue weighted by atomic mass is 79.9. The molecule has 2 rings (SSSR count). The predicted molar refractivity (Wildman–Crippen MR) is 74.4 cm³/mol. The molecule has 2 aromatic carbocycles. The second-order valence-electron chi connectivity index (χ2n) is 3.90. The number of hydrogen-bond donors (Lipinski definition) is 1. The second-order valence-corrected chi connectivity index (χ2v) is 5.62. The van der Waals surface area contributed by atoms with Crippen LogP contribution in [0.1, 0.15) is 11.1 Å². The van der Waals surface area contributed by atoms with Gasteiger partial charge in [-0.05, 0) is 27.6 Å². The van der Waals surface area contributed by atoms with E-state index in [0.717, 1.165) is 5.56 Å². The Morgan fingerprint density at radius 2 is 1.59 bits per heavy atom. The lowest BCUT2D eigenvalue weighted by Crippen LogP contribution is -2.20. The van der Waals surface area contributed by atoms with E-state index in [2.05, 4.69) is 15.9 Å². The normalized spacial score (nSPS) is 14.3. The van der Waals surface area contributed by atoms with Gasteiger partial charge in [-0.1, -0.05) is 60.1 Å². The van der Waals surface area contributed by atoms with Gasteiger partial charge >= 0.3 is 0 Å². The van der Waals surface area contributed by atoms with Crippen LogP contribution in [0.4, 0.5) is 0 Å². The van der Waals surface area contributed by atoms with Crippen LogP contribution in [0, 0.1) is 0 Å². The fourth-order valence-electron chi connectivity index (χ4n) is 1.73. The minimum absolute atomic E-state index is 0.470. The lowest BCUT2D eigenvalue weighted by molar-refractivity contribution is 0.146. The standard InChI is InChI=1S/C14H12BrClO/c15-14(17,10-11-6-2-1-3-7-11)12-8-4-5-9-13(12)16/h1-9,17H,10H2. The maximum Gasteiger partial charge on any atom is 0.150 e. The van der Waals surface area contributed by atoms with E-state index in [4.69, 9.17) is 11.6 Å². The van der Waals surface area contributed by atoms with Crippen molar-refractivity contribution in [3.8, 4) is 0 Å². The largest absolute Gasteiger partial charge is 0.374 e. The van der Waals surface area contributed by atoms with Crippen LogP contribution in [0.2, 0.25) is 5.02 Å². The molecule has 0 radical (unpaired) electrons. The van der Waals surface area contributed by atoms with Crippen LogP contribution < -0.4 is 0 Å². The van der Waals surface area contributed by atoms with Gasteiger partial charge in [-0.15, -0.1) is 0 Å². The Bertz CT molecular complexity index is 497. The minimum Gasteiger partial charge on any atom is -0.374 e. The first kappa shape index (κ1) is 12.6. The van der Waals surface area contributed by atoms with Crippen molar-refractivity contribution in [3.63, 3.8) is 0 Å². The van der Waals surface area contributed by atoms with Crippen molar-refractivity contribution >= 4 is 27.5 Å². The highest BCUT2D eigenvalue weighted by Crippen LogP contribution is 2.36. The van der Waals surface area contributed by atoms with Gasteiger partial charge in [0.05, 0.1) is 0 Å². The van der Waals surface area contributed by atoms with Crippen molar-refractivity contribution in [2.75, 3.05) is 0 Å². The van der Waals surface area contributed by atoms with E-state index in [9.17, 15) is 5.11 Å². The fraction of sp³-hybridized carbons (Fsp3) is 0.143. The molecule has 0 spiro atoms. The molecular formula is C14H12BrClO. The summed E-state index contributed by atoms with van der Waals surface area (Å²) in [5.41, 5.74) is 1.73. The van der Waals surface area contributed by atoms with Crippen LogP contribution in [0.5, 0.6) is 0 Å². The Balaban J connectivity index is 2.28. The van der Waals surface area contributed by atoms with E-state index in [0.29, 0.717) is 17.0 Å². The zero-order valence-corrected chi connectivity index (χ0v) is 11.4. The van der Waals surface area contributed by atoms with Crippen LogP contribution in [0.15, 0.2) is 54.6 Å². The highest BCUT2D eigenvalue weighted by molar-refractivity contribution is 9.09. The van der Waals surface area contributed by atoms with Crippen molar-refractivity contribution in [3.05, 3.63) is 70.7 Å². The number of alkyl halides is 1. The molecule has 2 aromatic rings. The first-order valence-corrected chi connectivity index (χ1v) is 6.47. The molecule has 0 aliphatic heterocycles. The first-order chi connectivity index (χ1) is 8.09. The van der Waals surface area contributed by atoms with Gasteiger partial charge < -0.3 is 5.11 Å². The summed E-state index contributed by atoms with van der Waals surface area (Å²) < 4.78 is -1.13. The summed E-state index contributed by atoms with van der Waals surface area (Å²) in [5.74, 6) is 0. The van der Waals surface area contributed by atoms with Gasteiger partial charge in [-0.25, -0.2) is 0 Å². The molecule has 0 amide bonds. The van der Waals surface area contributed by atoms with Crippen LogP contribution in [-0.4, -0.2) is 5.11 Å². The Kier molecular flexibility index (Phi) is 3.87. The average molecular weight is 312 g/mol. The van der Waals surface area contributed by atoms with Crippen LogP contribution in [-0.2, 0) is 10.9 Å². The van der Waals surface area contributed by atoms with E-state index in [1.54, 1.807) is 6.07 Å². The summed E-state index contributed by atoms with van der Waals surface area (Å²) in [4.78, 5) is 0. The third kappa shape index (κ3) is 3.09. The monoisotopic (exact) mass is 310 g/mol. The summed E-state index contributed by atoms with van der Waals surface area (Å²) in [6, 6.07) is 17.1. The van der Waals surface area contributed by atoms with Crippen molar-refractivity contribution in [1.82, 2.24) is 0 Å². The van der Waals surface area contributed by atoms with Crippen LogP contribution >= 0.6 is 27.5 Å². The molecule has 3 heteroatoms. The van der Waals surface area contributed by atoms with Crippen LogP contribution in [0.25, 0.3) is 0 Å². The van der Waals surface area contributed by atoms with Crippen molar-refractivity contribution < 1.29 is 5.11 Å². The van der Waals surface area contributed by atoms with Gasteiger partial charge in [0.25, 0.3) is 0 Å². The zero-order chi connectivity index (χ0) is 12.3. The van der Waals surface area contributed by atoms with Gasteiger partial charge in [0.1, 0.15) is 4.51 Å². The van der Waals surface area contributed by atoms with Crippen LogP contribution in [0.3, 0.4) is 0 Å². The summed E-state index contributed by atoms with van der Waals surface area (Å²) in [6.45, 7) is 0. The van der Waals surface area contributed by atoms with Gasteiger partial charge in [-0.2, -0.15) is 0 Å². The molecule has 1 nitrogen and oxygen atoms in total. The highest BCUT2D eigenvalue weighted by Gasteiger charge is 2.27. The summed E-state index contributed by atoms with van der Waals surface area (Å²) in [5, 5.41) is 11.0. The molecule has 1 atom stereocenters. The van der Waals surface area contributed by atoms with Crippen molar-refractivity contribution in [2.45, 2.75) is 10.9 Å². The molecule has 17 heavy (non-hydrogen) atoms. The number of benzene rings is 2. The fourth-order valence-corrected chi connectivity index (χ4v) is 2.81. The molecular weight excluding hydrogens is 300 g/mol. The Hall–Kier alpha value is -0.830. The SMILES string of the molecule is OC(Br)(Cc1ccccc1)c1ccccc1Cl. The Morgan fingerprint density at radius 3 is 2.24 bits per heavy atom. The average Bonchev–Trinajstić information content (AvgIpc) is 2.30. The number of rotatable bonds is 3. The van der Waals surface area contributed by atoms with E-state index < -0.39 is 4.51 Å². The van der Waals surface area contributed by atoms with E-state index in [1.165, 1.54) is 0 Å². The van der Waals surface area contributed by atoms with Gasteiger partial charge in [-0.3, -0.25) is 0 Å². The quantitative estimate of drug-likeness (QED) is 0.845. The topological polar surface area (TPSA) is 20.2 Å². The maximum atomic E-state index is 10.5. The lowest BCUT2D eigenvalue weighted by Gasteiger charge is -2.23. The summed E-state index contributed by atoms with van der Waals surface area (Å²) in [7, 11) is 0. The van der Waals surface area contributed by atoms with E-state index in [1.807, 2.05) is 48.5 Å². The predicted octanol–water partition coefficient (Wildman–Crippen LogP) is 4.12. The van der Waals surface area contributed by atoms with Crippen molar-refractivity contribution in [1.29, 1.82) is 0 Å². The van der Waals surface area contributed by atoms with Gasteiger partial charge in [0, 0.05) is 17.0 Å². The molecule has 88 valence electrons. The maximum absolute atomic E-state index is 10.5. The lowest BCUT2D eigenvalue weighted by atomic mass is 10.0. The van der Waals surface area contributed by atoms with E-state index in [-0.39, 0.29) is 0 Å². The first-order valence-electron chi connectivity index (χ1n) is 5.30. The van der Waals surface area contributed by atoms with Gasteiger partial charge in [0.15, 0.2) is 0 Å². The zero-order valence-electron chi connectivity index (χ0n) is 9.11. The number of halogens is 2. The van der Waals surface area contributed by atoms with Gasteiger partial charge in [0.2, 0.25) is 0 Å². The number of aliphatic hydroxyl groups is 1. The third-order valence-electron chi connectivity index (χ3n) is 2.57. The molecule has 0 fully saturated rings. The Labute approximate surface area is 114 Å². The molecule has 0 saturated heterocycles. The summed E-state index contributed by atoms with van der Waals surface area (Å²) in [6.07, 6.45) is 0.470. The number of hydrogen-bond acceptors (Lipinski definition) is 1. The van der Waals surface area contributed by atoms with E-state index >= 15 is 0 Å². The molecule has 0 bridgehead atoms. The second kappa shape index (κ2) is 5.21. The third-order valence-corrected chi connectivity index (χ3v) is 3.60. The molecule has 0 saturated carbocycles. The molecule has 1 unspecified atom stereocenters.